The van der Waals surface area contributed by atoms with Gasteiger partial charge in [0, 0.05) is 17.0 Å². The van der Waals surface area contributed by atoms with E-state index in [2.05, 4.69) is 4.72 Å². The van der Waals surface area contributed by atoms with Gasteiger partial charge in [0.25, 0.3) is 0 Å². The molecule has 0 radical (unpaired) electrons. The van der Waals surface area contributed by atoms with E-state index in [4.69, 9.17) is 0 Å². The third kappa shape index (κ3) is 3.75. The highest BCUT2D eigenvalue weighted by molar-refractivity contribution is 7.89. The van der Waals surface area contributed by atoms with E-state index >= 15 is 0 Å². The SMILES string of the molecule is O=S(=O)(NCC(O)(c1ccsc1)c1cccs1)c1ccc2c(c1)CCCC2. The van der Waals surface area contributed by atoms with Gasteiger partial charge in [-0.3, -0.25) is 0 Å². The van der Waals surface area contributed by atoms with Crippen molar-refractivity contribution in [2.75, 3.05) is 6.54 Å². The van der Waals surface area contributed by atoms with Crippen LogP contribution in [-0.4, -0.2) is 20.1 Å². The fourth-order valence-corrected chi connectivity index (χ4v) is 6.18. The molecule has 1 unspecified atom stereocenters. The lowest BCUT2D eigenvalue weighted by molar-refractivity contribution is 0.0903. The lowest BCUT2D eigenvalue weighted by Crippen LogP contribution is -2.41. The monoisotopic (exact) mass is 419 g/mol. The average molecular weight is 420 g/mol. The number of thiophene rings is 2. The van der Waals surface area contributed by atoms with E-state index in [1.807, 2.05) is 40.4 Å². The van der Waals surface area contributed by atoms with Crippen LogP contribution in [0.5, 0.6) is 0 Å². The maximum atomic E-state index is 12.9. The Morgan fingerprint density at radius 1 is 1.07 bits per heavy atom. The Kier molecular flexibility index (Phi) is 5.22. The van der Waals surface area contributed by atoms with Crippen LogP contribution in [0.15, 0.2) is 57.4 Å². The molecule has 7 heteroatoms. The Balaban J connectivity index is 1.61. The van der Waals surface area contributed by atoms with E-state index in [9.17, 15) is 13.5 Å². The van der Waals surface area contributed by atoms with Gasteiger partial charge in [0.05, 0.1) is 4.90 Å². The number of hydrogen-bond donors (Lipinski definition) is 2. The Morgan fingerprint density at radius 3 is 2.59 bits per heavy atom. The molecule has 0 saturated carbocycles. The summed E-state index contributed by atoms with van der Waals surface area (Å²) in [5, 5.41) is 16.9. The molecule has 4 nitrogen and oxygen atoms in total. The minimum absolute atomic E-state index is 0.107. The van der Waals surface area contributed by atoms with Gasteiger partial charge in [0.15, 0.2) is 0 Å². The number of rotatable bonds is 6. The van der Waals surface area contributed by atoms with Gasteiger partial charge in [0.2, 0.25) is 10.0 Å². The van der Waals surface area contributed by atoms with Gasteiger partial charge in [-0.2, -0.15) is 11.3 Å². The predicted octanol–water partition coefficient (Wildman–Crippen LogP) is 3.90. The molecule has 2 N–H and O–H groups in total. The molecule has 0 aliphatic heterocycles. The van der Waals surface area contributed by atoms with Crippen molar-refractivity contribution in [2.24, 2.45) is 0 Å². The first-order valence-corrected chi connectivity index (χ1v) is 12.2. The first kappa shape index (κ1) is 18.8. The number of nitrogens with one attached hydrogen (secondary N) is 1. The van der Waals surface area contributed by atoms with Crippen LogP contribution in [0.4, 0.5) is 0 Å². The second-order valence-electron chi connectivity index (χ2n) is 6.81. The highest BCUT2D eigenvalue weighted by Crippen LogP contribution is 2.34. The lowest BCUT2D eigenvalue weighted by Gasteiger charge is -2.27. The van der Waals surface area contributed by atoms with Crippen molar-refractivity contribution in [3.05, 3.63) is 74.1 Å². The van der Waals surface area contributed by atoms with Crippen molar-refractivity contribution < 1.29 is 13.5 Å². The summed E-state index contributed by atoms with van der Waals surface area (Å²) < 4.78 is 28.4. The zero-order valence-electron chi connectivity index (χ0n) is 14.7. The predicted molar refractivity (Wildman–Crippen MR) is 110 cm³/mol. The summed E-state index contributed by atoms with van der Waals surface area (Å²) >= 11 is 2.89. The summed E-state index contributed by atoms with van der Waals surface area (Å²) in [6, 6.07) is 10.9. The molecule has 3 aromatic rings. The molecular weight excluding hydrogens is 398 g/mol. The van der Waals surface area contributed by atoms with Gasteiger partial charge in [-0.1, -0.05) is 12.1 Å². The number of sulfonamides is 1. The minimum atomic E-state index is -3.71. The zero-order valence-corrected chi connectivity index (χ0v) is 17.2. The highest BCUT2D eigenvalue weighted by atomic mass is 32.2. The molecule has 27 heavy (non-hydrogen) atoms. The van der Waals surface area contributed by atoms with Crippen LogP contribution in [0.1, 0.15) is 34.4 Å². The van der Waals surface area contributed by atoms with Gasteiger partial charge >= 0.3 is 0 Å². The molecule has 1 aliphatic rings. The van der Waals surface area contributed by atoms with Crippen molar-refractivity contribution in [1.82, 2.24) is 4.72 Å². The third-order valence-electron chi connectivity index (χ3n) is 5.08. The Bertz CT molecular complexity index is 975. The molecular formula is C20H21NO3S3. The fraction of sp³-hybridized carbons (Fsp3) is 0.300. The largest absolute Gasteiger partial charge is 0.378 e. The standard InChI is InChI=1S/C20H21NO3S3/c22-20(17-9-11-25-13-17,19-6-3-10-26-19)14-21-27(23,24)18-8-7-15-4-1-2-5-16(15)12-18/h3,6-13,21-22H,1-2,4-5,14H2. The summed E-state index contributed by atoms with van der Waals surface area (Å²) in [7, 11) is -3.71. The fourth-order valence-electron chi connectivity index (χ4n) is 3.50. The molecule has 1 aromatic carbocycles. The maximum absolute atomic E-state index is 12.9. The Morgan fingerprint density at radius 2 is 1.89 bits per heavy atom. The lowest BCUT2D eigenvalue weighted by atomic mass is 9.92. The smallest absolute Gasteiger partial charge is 0.240 e. The second kappa shape index (κ2) is 7.48. The first-order valence-electron chi connectivity index (χ1n) is 8.89. The summed E-state index contributed by atoms with van der Waals surface area (Å²) in [4.78, 5) is 0.982. The van der Waals surface area contributed by atoms with Crippen LogP contribution >= 0.6 is 22.7 Å². The number of aryl methyl sites for hydroxylation is 2. The van der Waals surface area contributed by atoms with Crippen molar-refractivity contribution in [3.8, 4) is 0 Å². The molecule has 4 rings (SSSR count). The van der Waals surface area contributed by atoms with E-state index in [0.717, 1.165) is 31.2 Å². The molecule has 0 spiro atoms. The van der Waals surface area contributed by atoms with Crippen LogP contribution in [0.25, 0.3) is 0 Å². The quantitative estimate of drug-likeness (QED) is 0.637. The maximum Gasteiger partial charge on any atom is 0.240 e. The third-order valence-corrected chi connectivity index (χ3v) is 8.18. The number of benzene rings is 1. The van der Waals surface area contributed by atoms with Crippen molar-refractivity contribution in [3.63, 3.8) is 0 Å². The van der Waals surface area contributed by atoms with Crippen LogP contribution in [0.3, 0.4) is 0 Å². The normalized spacial score (nSPS) is 16.6. The van der Waals surface area contributed by atoms with Gasteiger partial charge in [0.1, 0.15) is 5.60 Å². The summed E-state index contributed by atoms with van der Waals surface area (Å²) in [5.41, 5.74) is 1.68. The summed E-state index contributed by atoms with van der Waals surface area (Å²) in [6.45, 7) is -0.107. The van der Waals surface area contributed by atoms with E-state index in [0.29, 0.717) is 10.4 Å². The molecule has 0 bridgehead atoms. The molecule has 1 aliphatic carbocycles. The highest BCUT2D eigenvalue weighted by Gasteiger charge is 2.35. The van der Waals surface area contributed by atoms with Crippen molar-refractivity contribution in [2.45, 2.75) is 36.2 Å². The van der Waals surface area contributed by atoms with E-state index in [-0.39, 0.29) is 11.4 Å². The molecule has 142 valence electrons. The average Bonchev–Trinajstić information content (AvgIpc) is 3.40. The van der Waals surface area contributed by atoms with E-state index < -0.39 is 15.6 Å². The van der Waals surface area contributed by atoms with E-state index in [1.54, 1.807) is 12.1 Å². The van der Waals surface area contributed by atoms with Crippen LogP contribution in [0, 0.1) is 0 Å². The molecule has 2 aromatic heterocycles. The van der Waals surface area contributed by atoms with Gasteiger partial charge in [-0.25, -0.2) is 13.1 Å². The van der Waals surface area contributed by atoms with Crippen LogP contribution < -0.4 is 4.72 Å². The zero-order chi connectivity index (χ0) is 18.9. The van der Waals surface area contributed by atoms with E-state index in [1.165, 1.54) is 28.2 Å². The second-order valence-corrected chi connectivity index (χ2v) is 10.3. The number of fused-ring (bicyclic) bond motifs is 1. The molecule has 0 amide bonds. The molecule has 0 fully saturated rings. The van der Waals surface area contributed by atoms with Crippen LogP contribution in [-0.2, 0) is 28.5 Å². The molecule has 1 atom stereocenters. The Hall–Kier alpha value is -1.51. The summed E-state index contributed by atoms with van der Waals surface area (Å²) in [5.74, 6) is 0. The minimum Gasteiger partial charge on any atom is -0.378 e. The Labute approximate surface area is 167 Å². The number of aliphatic hydroxyl groups is 1. The van der Waals surface area contributed by atoms with Crippen molar-refractivity contribution >= 4 is 32.7 Å². The molecule has 2 heterocycles. The number of hydrogen-bond acceptors (Lipinski definition) is 5. The molecule has 0 saturated heterocycles. The van der Waals surface area contributed by atoms with Gasteiger partial charge in [-0.15, -0.1) is 11.3 Å². The summed E-state index contributed by atoms with van der Waals surface area (Å²) in [6.07, 6.45) is 4.19. The topological polar surface area (TPSA) is 66.4 Å². The first-order chi connectivity index (χ1) is 13.0. The van der Waals surface area contributed by atoms with Gasteiger partial charge < -0.3 is 5.11 Å². The van der Waals surface area contributed by atoms with Gasteiger partial charge in [-0.05, 0) is 77.2 Å². The van der Waals surface area contributed by atoms with Crippen molar-refractivity contribution in [1.29, 1.82) is 0 Å². The van der Waals surface area contributed by atoms with Crippen LogP contribution in [0.2, 0.25) is 0 Å².